The molecule has 0 saturated heterocycles. The largest absolute Gasteiger partial charge is 0.416 e. The lowest BCUT2D eigenvalue weighted by Gasteiger charge is -2.27. The van der Waals surface area contributed by atoms with Crippen LogP contribution in [0.15, 0.2) is 42.6 Å². The lowest BCUT2D eigenvalue weighted by atomic mass is 9.87. The molecule has 0 spiro atoms. The molecule has 0 radical (unpaired) electrons. The maximum atomic E-state index is 12.9. The third kappa shape index (κ3) is 3.05. The summed E-state index contributed by atoms with van der Waals surface area (Å²) in [5.41, 5.74) is -1.89. The molecule has 0 aliphatic heterocycles. The minimum absolute atomic E-state index is 0.186. The van der Waals surface area contributed by atoms with E-state index in [0.29, 0.717) is 0 Å². The van der Waals surface area contributed by atoms with Gasteiger partial charge in [0.15, 0.2) is 0 Å². The molecule has 0 saturated carbocycles. The Morgan fingerprint density at radius 1 is 1.00 bits per heavy atom. The van der Waals surface area contributed by atoms with Crippen molar-refractivity contribution in [3.63, 3.8) is 0 Å². The molecule has 1 unspecified atom stereocenters. The van der Waals surface area contributed by atoms with Crippen LogP contribution in [0.3, 0.4) is 0 Å². The molecule has 21 heavy (non-hydrogen) atoms. The first-order valence-electron chi connectivity index (χ1n) is 6.29. The Hall–Kier alpha value is -1.95. The van der Waals surface area contributed by atoms with Crippen LogP contribution in [0.1, 0.15) is 30.2 Å². The standard InChI is InChI=1S/C15H13F4NO/c1-2-14(21,13-8-7-12(16)9-20-13)10-3-5-11(6-4-10)15(17,18)19/h3-9,21H,2H2,1H3. The van der Waals surface area contributed by atoms with Gasteiger partial charge in [-0.3, -0.25) is 4.98 Å². The zero-order valence-electron chi connectivity index (χ0n) is 11.2. The Balaban J connectivity index is 2.43. The van der Waals surface area contributed by atoms with Crippen LogP contribution < -0.4 is 0 Å². The van der Waals surface area contributed by atoms with Crippen molar-refractivity contribution in [1.82, 2.24) is 4.98 Å². The second kappa shape index (κ2) is 5.44. The Morgan fingerprint density at radius 2 is 1.57 bits per heavy atom. The van der Waals surface area contributed by atoms with Crippen molar-refractivity contribution < 1.29 is 22.7 Å². The van der Waals surface area contributed by atoms with Gasteiger partial charge in [-0.2, -0.15) is 13.2 Å². The molecule has 1 aromatic carbocycles. The second-order valence-corrected chi connectivity index (χ2v) is 4.65. The monoisotopic (exact) mass is 299 g/mol. The second-order valence-electron chi connectivity index (χ2n) is 4.65. The number of benzene rings is 1. The van der Waals surface area contributed by atoms with Gasteiger partial charge in [-0.05, 0) is 36.2 Å². The van der Waals surface area contributed by atoms with Crippen molar-refractivity contribution in [3.8, 4) is 0 Å². The van der Waals surface area contributed by atoms with Crippen molar-refractivity contribution in [2.24, 2.45) is 0 Å². The van der Waals surface area contributed by atoms with E-state index in [1.165, 1.54) is 18.2 Å². The van der Waals surface area contributed by atoms with E-state index in [1.807, 2.05) is 0 Å². The molecule has 2 nitrogen and oxygen atoms in total. The normalized spacial score (nSPS) is 14.8. The van der Waals surface area contributed by atoms with Crippen LogP contribution in [0.4, 0.5) is 17.6 Å². The molecule has 2 aromatic rings. The maximum Gasteiger partial charge on any atom is 0.416 e. The Kier molecular flexibility index (Phi) is 4.00. The van der Waals surface area contributed by atoms with Crippen LogP contribution in [0.25, 0.3) is 0 Å². The van der Waals surface area contributed by atoms with Crippen molar-refractivity contribution in [3.05, 3.63) is 65.2 Å². The molecule has 1 heterocycles. The summed E-state index contributed by atoms with van der Waals surface area (Å²) in [5, 5.41) is 10.7. The van der Waals surface area contributed by atoms with E-state index in [2.05, 4.69) is 4.98 Å². The van der Waals surface area contributed by atoms with Gasteiger partial charge in [0, 0.05) is 0 Å². The van der Waals surface area contributed by atoms with Crippen LogP contribution >= 0.6 is 0 Å². The number of aromatic nitrogens is 1. The fourth-order valence-electron chi connectivity index (χ4n) is 2.09. The third-order valence-electron chi connectivity index (χ3n) is 3.35. The predicted octanol–water partition coefficient (Wildman–Crippen LogP) is 3.89. The molecule has 0 fully saturated rings. The van der Waals surface area contributed by atoms with Crippen molar-refractivity contribution in [2.75, 3.05) is 0 Å². The Labute approximate surface area is 119 Å². The number of aliphatic hydroxyl groups is 1. The lowest BCUT2D eigenvalue weighted by molar-refractivity contribution is -0.137. The SMILES string of the molecule is CCC(O)(c1ccc(C(F)(F)F)cc1)c1ccc(F)cn1. The molecule has 0 aliphatic carbocycles. The topological polar surface area (TPSA) is 33.1 Å². The van der Waals surface area contributed by atoms with E-state index in [4.69, 9.17) is 0 Å². The van der Waals surface area contributed by atoms with Gasteiger partial charge in [0.1, 0.15) is 11.4 Å². The first-order chi connectivity index (χ1) is 9.77. The predicted molar refractivity (Wildman–Crippen MR) is 68.9 cm³/mol. The van der Waals surface area contributed by atoms with Crippen LogP contribution in [0.2, 0.25) is 0 Å². The minimum Gasteiger partial charge on any atom is -0.379 e. The van der Waals surface area contributed by atoms with Gasteiger partial charge in [-0.15, -0.1) is 0 Å². The van der Waals surface area contributed by atoms with E-state index in [0.717, 1.165) is 24.4 Å². The number of rotatable bonds is 3. The van der Waals surface area contributed by atoms with Crippen LogP contribution in [-0.4, -0.2) is 10.1 Å². The molecule has 1 aromatic heterocycles. The fraction of sp³-hybridized carbons (Fsp3) is 0.267. The summed E-state index contributed by atoms with van der Waals surface area (Å²) in [5.74, 6) is -0.551. The van der Waals surface area contributed by atoms with Crippen LogP contribution in [-0.2, 0) is 11.8 Å². The molecular formula is C15H13F4NO. The average molecular weight is 299 g/mol. The van der Waals surface area contributed by atoms with Crippen LogP contribution in [0, 0.1) is 5.82 Å². The highest BCUT2D eigenvalue weighted by Gasteiger charge is 2.34. The quantitative estimate of drug-likeness (QED) is 0.872. The van der Waals surface area contributed by atoms with Crippen molar-refractivity contribution in [2.45, 2.75) is 25.1 Å². The van der Waals surface area contributed by atoms with Gasteiger partial charge in [0.2, 0.25) is 0 Å². The van der Waals surface area contributed by atoms with Crippen molar-refractivity contribution in [1.29, 1.82) is 0 Å². The van der Waals surface area contributed by atoms with E-state index in [9.17, 15) is 22.7 Å². The summed E-state index contributed by atoms with van der Waals surface area (Å²) in [6, 6.07) is 6.68. The zero-order chi connectivity index (χ0) is 15.7. The summed E-state index contributed by atoms with van der Waals surface area (Å²) in [6.45, 7) is 1.67. The zero-order valence-corrected chi connectivity index (χ0v) is 11.2. The van der Waals surface area contributed by atoms with E-state index >= 15 is 0 Å². The maximum absolute atomic E-state index is 12.9. The fourth-order valence-corrected chi connectivity index (χ4v) is 2.09. The van der Waals surface area contributed by atoms with Gasteiger partial charge in [0.05, 0.1) is 17.5 Å². The van der Waals surface area contributed by atoms with E-state index < -0.39 is 23.2 Å². The van der Waals surface area contributed by atoms with Gasteiger partial charge in [-0.25, -0.2) is 4.39 Å². The highest BCUT2D eigenvalue weighted by Crippen LogP contribution is 2.34. The number of alkyl halides is 3. The molecule has 112 valence electrons. The minimum atomic E-state index is -4.43. The van der Waals surface area contributed by atoms with Gasteiger partial charge in [0.25, 0.3) is 0 Å². The lowest BCUT2D eigenvalue weighted by Crippen LogP contribution is -2.27. The van der Waals surface area contributed by atoms with Crippen molar-refractivity contribution >= 4 is 0 Å². The number of hydrogen-bond acceptors (Lipinski definition) is 2. The molecule has 0 aliphatic rings. The van der Waals surface area contributed by atoms with Gasteiger partial charge < -0.3 is 5.11 Å². The summed E-state index contributed by atoms with van der Waals surface area (Å²) in [7, 11) is 0. The summed E-state index contributed by atoms with van der Waals surface area (Å²) in [6.07, 6.45) is -3.28. The first kappa shape index (κ1) is 15.4. The third-order valence-corrected chi connectivity index (χ3v) is 3.35. The first-order valence-corrected chi connectivity index (χ1v) is 6.29. The average Bonchev–Trinajstić information content (AvgIpc) is 2.46. The number of pyridine rings is 1. The Bertz CT molecular complexity index is 607. The number of hydrogen-bond donors (Lipinski definition) is 1. The van der Waals surface area contributed by atoms with Gasteiger partial charge >= 0.3 is 6.18 Å². The number of nitrogens with zero attached hydrogens (tertiary/aromatic N) is 1. The van der Waals surface area contributed by atoms with E-state index in [1.54, 1.807) is 6.92 Å². The summed E-state index contributed by atoms with van der Waals surface area (Å²) in [4.78, 5) is 3.82. The molecular weight excluding hydrogens is 286 g/mol. The molecule has 0 amide bonds. The highest BCUT2D eigenvalue weighted by molar-refractivity contribution is 5.35. The highest BCUT2D eigenvalue weighted by atomic mass is 19.4. The molecule has 2 rings (SSSR count). The number of halogens is 4. The summed E-state index contributed by atoms with van der Waals surface area (Å²) >= 11 is 0. The molecule has 6 heteroatoms. The van der Waals surface area contributed by atoms with E-state index in [-0.39, 0.29) is 17.7 Å². The molecule has 1 N–H and O–H groups in total. The van der Waals surface area contributed by atoms with Crippen LogP contribution in [0.5, 0.6) is 0 Å². The Morgan fingerprint density at radius 3 is 2.00 bits per heavy atom. The molecule has 0 bridgehead atoms. The van der Waals surface area contributed by atoms with Gasteiger partial charge in [-0.1, -0.05) is 19.1 Å². The smallest absolute Gasteiger partial charge is 0.379 e. The summed E-state index contributed by atoms with van der Waals surface area (Å²) < 4.78 is 50.5. The molecule has 1 atom stereocenters.